The van der Waals surface area contributed by atoms with Gasteiger partial charge in [-0.15, -0.1) is 11.6 Å². The van der Waals surface area contributed by atoms with E-state index in [9.17, 15) is 5.11 Å². The lowest BCUT2D eigenvalue weighted by molar-refractivity contribution is -0.0351. The van der Waals surface area contributed by atoms with Crippen LogP contribution in [0.4, 0.5) is 23.3 Å². The predicted molar refractivity (Wildman–Crippen MR) is 449 cm³/mol. The van der Waals surface area contributed by atoms with E-state index in [0.29, 0.717) is 83.5 Å². The molecule has 14 heterocycles. The molecule has 0 bridgehead atoms. The molecule has 2 aliphatic heterocycles. The monoisotopic (exact) mass is 1570 g/mol. The molecule has 2 saturated heterocycles. The number of nitrogen functional groups attached to an aromatic ring is 4. The molecule has 0 amide bonds. The van der Waals surface area contributed by atoms with Gasteiger partial charge >= 0.3 is 0 Å². The van der Waals surface area contributed by atoms with Crippen molar-refractivity contribution in [3.8, 4) is 45.0 Å². The Morgan fingerprint density at radius 1 is 0.435 bits per heavy atom. The number of aliphatic hydroxyl groups is 1. The maximum absolute atomic E-state index is 9.76. The number of rotatable bonds is 19. The van der Waals surface area contributed by atoms with Gasteiger partial charge in [-0.25, -0.2) is 39.9 Å². The summed E-state index contributed by atoms with van der Waals surface area (Å²) in [5.74, 6) is 5.78. The maximum atomic E-state index is 9.76. The number of nitrogens with one attached hydrogen (secondary N) is 5. The van der Waals surface area contributed by atoms with Gasteiger partial charge in [0.15, 0.2) is 23.3 Å². The van der Waals surface area contributed by atoms with Crippen molar-refractivity contribution in [3.05, 3.63) is 145 Å². The van der Waals surface area contributed by atoms with Crippen LogP contribution in [0, 0.1) is 0 Å². The average molecular weight is 1570 g/mol. The maximum Gasteiger partial charge on any atom is 0.152 e. The summed E-state index contributed by atoms with van der Waals surface area (Å²) in [6.07, 6.45) is 24.2. The predicted octanol–water partition coefficient (Wildman–Crippen LogP) is 14.1. The summed E-state index contributed by atoms with van der Waals surface area (Å²) in [6, 6.07) is 34.5. The zero-order valence-corrected chi connectivity index (χ0v) is 65.5. The fourth-order valence-corrected chi connectivity index (χ4v) is 16.6. The largest absolute Gasteiger partial charge is 0.388 e. The Morgan fingerprint density at radius 2 is 0.774 bits per heavy atom. The van der Waals surface area contributed by atoms with Crippen molar-refractivity contribution in [2.45, 2.75) is 159 Å². The number of ether oxygens (including phenoxy) is 3. The number of unbranched alkanes of at least 4 members (excludes halogenated alkanes) is 1. The first-order valence-corrected chi connectivity index (χ1v) is 40.6. The lowest BCUT2D eigenvalue weighted by Crippen LogP contribution is -2.51. The van der Waals surface area contributed by atoms with E-state index in [0.717, 1.165) is 223 Å². The Morgan fingerprint density at radius 3 is 1.07 bits per heavy atom. The topological polar surface area (TPSA) is 405 Å². The van der Waals surface area contributed by atoms with Crippen LogP contribution in [-0.2, 0) is 39.8 Å². The first kappa shape index (κ1) is 74.9. The van der Waals surface area contributed by atoms with Crippen molar-refractivity contribution in [3.63, 3.8) is 0 Å². The summed E-state index contributed by atoms with van der Waals surface area (Å²) in [5.41, 5.74) is 43.9. The van der Waals surface area contributed by atoms with E-state index in [-0.39, 0.29) is 6.61 Å². The minimum absolute atomic E-state index is 0.0989. The second-order valence-electron chi connectivity index (χ2n) is 30.8. The Balaban J connectivity index is 0.000000104. The van der Waals surface area contributed by atoms with E-state index < -0.39 is 0 Å². The molecule has 0 radical (unpaired) electrons. The number of methoxy groups -OCH3 is 2. The molecule has 22 rings (SSSR count). The molecular weight excluding hydrogens is 1470 g/mol. The van der Waals surface area contributed by atoms with Gasteiger partial charge in [-0.05, 0) is 156 Å². The van der Waals surface area contributed by atoms with Crippen LogP contribution in [0.25, 0.3) is 133 Å². The summed E-state index contributed by atoms with van der Waals surface area (Å²) < 4.78 is 25.5. The number of benzene rings is 4. The van der Waals surface area contributed by atoms with Crippen LogP contribution in [0.3, 0.4) is 0 Å². The molecule has 0 spiro atoms. The first-order chi connectivity index (χ1) is 56.4. The standard InChI is InChI=1S/C22H25N7O.C22H26N6O.C18H17ClN6.C18H18N6O.C4H9NO/c1-30-15-10-28(11-15)12-19-26-20-21(29(19)14-3-2-4-14)16-6-5-13(17-7-8-24-27-17)9-18(16)25-22(20)23;1-2-3-11-29-13-19-26-20-21(28(19)15-5-4-6-15)16-8-7-14(17-9-10-24-27-17)12-18(16)25-22(20)23;19-9-15-23-16-17(25(15)11-2-1-3-11)12-5-4-10(13-6-7-21-24-13)8-14(12)22-18(16)20;19-18-16-17(24(11-2-1-3-11)15(9-25)22-16)12-5-4-10(8-14(12)21-18)13-6-7-20-23-13;1-6-4-2-5-3-4/h5-9,14-15H,2-4,10-12H2,1H3,(H2,23,25)(H,24,27);7-10,12,15H,2-6,11,13H2,1H3,(H2,23,25)(H,24,27);4-8,11H,1-3,9H2,(H2,20,22)(H,21,24);4-8,11,25H,1-3,9H2,(H2,19,21)(H,20,23);4-5H,2-3H2,1H3. The number of H-pyrrole nitrogens is 4. The Labute approximate surface area is 666 Å². The molecule has 115 heavy (non-hydrogen) atoms. The number of nitrogens with two attached hydrogens (primary N) is 4. The van der Waals surface area contributed by atoms with Crippen LogP contribution >= 0.6 is 11.6 Å². The lowest BCUT2D eigenvalue weighted by Gasteiger charge is -2.38. The van der Waals surface area contributed by atoms with E-state index >= 15 is 0 Å². The van der Waals surface area contributed by atoms with Crippen molar-refractivity contribution < 1.29 is 19.3 Å². The van der Waals surface area contributed by atoms with Crippen molar-refractivity contribution >= 4 is 123 Å². The lowest BCUT2D eigenvalue weighted by atomic mass is 9.92. The third-order valence-electron chi connectivity index (χ3n) is 23.7. The van der Waals surface area contributed by atoms with E-state index in [1.807, 2.05) is 42.5 Å². The van der Waals surface area contributed by atoms with Gasteiger partial charge in [-0.3, -0.25) is 25.3 Å². The zero-order valence-electron chi connectivity index (χ0n) is 64.7. The molecule has 4 aliphatic carbocycles. The smallest absolute Gasteiger partial charge is 0.152 e. The summed E-state index contributed by atoms with van der Waals surface area (Å²) in [5, 5.41) is 45.2. The molecule has 4 aromatic carbocycles. The molecule has 4 saturated carbocycles. The molecule has 0 atom stereocenters. The van der Waals surface area contributed by atoms with Crippen molar-refractivity contribution in [2.75, 3.05) is 69.9 Å². The van der Waals surface area contributed by atoms with Crippen molar-refractivity contribution in [1.82, 2.24) is 109 Å². The molecule has 592 valence electrons. The number of hydrogen-bond donors (Lipinski definition) is 10. The Bertz CT molecular complexity index is 5950. The van der Waals surface area contributed by atoms with Crippen LogP contribution in [0.2, 0.25) is 0 Å². The number of aromatic amines is 4. The molecule has 14 N–H and O–H groups in total. The van der Waals surface area contributed by atoms with Crippen LogP contribution in [0.15, 0.2) is 122 Å². The van der Waals surface area contributed by atoms with E-state index in [1.165, 1.54) is 51.4 Å². The molecule has 6 aliphatic rings. The van der Waals surface area contributed by atoms with Gasteiger partial charge in [-0.1, -0.05) is 37.6 Å². The van der Waals surface area contributed by atoms with Crippen LogP contribution in [0.5, 0.6) is 0 Å². The number of aromatic nitrogens is 20. The van der Waals surface area contributed by atoms with Crippen LogP contribution in [-0.4, -0.2) is 168 Å². The Kier molecular flexibility index (Phi) is 21.1. The van der Waals surface area contributed by atoms with Crippen LogP contribution in [0.1, 0.15) is 144 Å². The highest BCUT2D eigenvalue weighted by molar-refractivity contribution is 6.17. The third-order valence-corrected chi connectivity index (χ3v) is 24.0. The number of anilines is 4. The van der Waals surface area contributed by atoms with E-state index in [1.54, 1.807) is 39.0 Å². The number of hydrogen-bond acceptors (Lipinski definition) is 22. The quantitative estimate of drug-likeness (QED) is 0.0265. The summed E-state index contributed by atoms with van der Waals surface area (Å²) >= 11 is 6.17. The summed E-state index contributed by atoms with van der Waals surface area (Å²) in [7, 11) is 3.52. The number of halogens is 1. The number of alkyl halides is 1. The van der Waals surface area contributed by atoms with Crippen molar-refractivity contribution in [2.24, 2.45) is 0 Å². The number of aliphatic hydroxyl groups excluding tert-OH is 1. The minimum Gasteiger partial charge on any atom is -0.388 e. The molecule has 6 fully saturated rings. The fraction of sp³-hybridized carbons (Fsp3) is 0.381. The van der Waals surface area contributed by atoms with Gasteiger partial charge in [0.25, 0.3) is 0 Å². The first-order valence-electron chi connectivity index (χ1n) is 40.0. The second kappa shape index (κ2) is 32.4. The highest BCUT2D eigenvalue weighted by atomic mass is 35.5. The third kappa shape index (κ3) is 14.4. The number of fused-ring (bicyclic) bond motifs is 12. The zero-order chi connectivity index (χ0) is 78.4. The molecule has 31 heteroatoms. The molecule has 0 unspecified atom stereocenters. The average Bonchev–Trinajstić information content (AvgIpc) is 1.57. The highest BCUT2D eigenvalue weighted by Crippen LogP contribution is 2.45. The summed E-state index contributed by atoms with van der Waals surface area (Å²) in [4.78, 5) is 40.0. The fourth-order valence-electron chi connectivity index (χ4n) is 16.4. The van der Waals surface area contributed by atoms with Gasteiger partial charge < -0.3 is 65.8 Å². The van der Waals surface area contributed by atoms with Gasteiger partial charge in [0.05, 0.1) is 91.5 Å². The number of nitrogens with zero attached hydrogens (tertiary/aromatic N) is 17. The van der Waals surface area contributed by atoms with Gasteiger partial charge in [0, 0.05) is 140 Å². The molecule has 16 aromatic rings. The SMILES string of the molecule is CCCCOCc1nc2c(N)nc3cc(-c4ccn[nH]4)ccc3c2n1C1CCC1.COC1CN(Cc2nc3c(N)nc4cc(-c5ccn[nH]5)ccc4c3n2C2CCC2)C1.COC1CNC1.Nc1nc2cc(-c3ccn[nH]3)ccc2c2c1nc(CCl)n2C1CCC1.Nc1nc2cc(-c3ccn[nH]3)ccc2c2c1nc(CO)n2C1CCC1. The normalized spacial score (nSPS) is 16.2. The molecular formula is C84H95ClN26O4. The van der Waals surface area contributed by atoms with Crippen molar-refractivity contribution in [1.29, 1.82) is 0 Å². The minimum atomic E-state index is -0.0989. The summed E-state index contributed by atoms with van der Waals surface area (Å²) in [6.45, 7) is 8.13. The van der Waals surface area contributed by atoms with Gasteiger partial charge in [-0.2, -0.15) is 20.4 Å². The molecule has 12 aromatic heterocycles. The van der Waals surface area contributed by atoms with E-state index in [4.69, 9.17) is 63.7 Å². The molecule has 30 nitrogen and oxygen atoms in total. The van der Waals surface area contributed by atoms with Crippen LogP contribution < -0.4 is 28.3 Å². The van der Waals surface area contributed by atoms with Gasteiger partial charge in [0.2, 0.25) is 0 Å². The number of likely N-dealkylation sites (tertiary alicyclic amines) is 1. The second-order valence-corrected chi connectivity index (χ2v) is 31.0. The number of pyridine rings is 4. The highest BCUT2D eigenvalue weighted by Gasteiger charge is 2.34. The van der Waals surface area contributed by atoms with Gasteiger partial charge in [0.1, 0.15) is 58.6 Å². The number of imidazole rings is 4. The Hall–Kier alpha value is -11.5. The van der Waals surface area contributed by atoms with E-state index in [2.05, 4.69) is 156 Å².